The lowest BCUT2D eigenvalue weighted by atomic mass is 10.0. The van der Waals surface area contributed by atoms with Crippen LogP contribution >= 0.6 is 0 Å². The first-order valence-electron chi connectivity index (χ1n) is 6.62. The van der Waals surface area contributed by atoms with Gasteiger partial charge in [-0.2, -0.15) is 9.78 Å². The maximum Gasteiger partial charge on any atom is 0.144 e. The molecule has 0 unspecified atom stereocenters. The minimum Gasteiger partial charge on any atom is -0.266 e. The fourth-order valence-electron chi connectivity index (χ4n) is 2.44. The van der Waals surface area contributed by atoms with Gasteiger partial charge in [-0.3, -0.25) is 4.68 Å². The van der Waals surface area contributed by atoms with Crippen LogP contribution in [-0.2, 0) is 6.54 Å². The minimum atomic E-state index is 0.712. The molecule has 0 spiro atoms. The molecule has 2 aromatic heterocycles. The molecule has 0 fully saturated rings. The Balaban J connectivity index is 1.69. The van der Waals surface area contributed by atoms with E-state index in [1.54, 1.807) is 17.2 Å². The van der Waals surface area contributed by atoms with Crippen LogP contribution in [0.15, 0.2) is 61.2 Å². The van der Waals surface area contributed by atoms with E-state index < -0.39 is 0 Å². The van der Waals surface area contributed by atoms with E-state index in [0.29, 0.717) is 6.54 Å². The van der Waals surface area contributed by atoms with Gasteiger partial charge in [0.05, 0.1) is 18.9 Å². The molecule has 4 rings (SSSR count). The molecule has 0 aliphatic rings. The average molecular weight is 276 g/mol. The molecule has 21 heavy (non-hydrogen) atoms. The van der Waals surface area contributed by atoms with Crippen molar-refractivity contribution in [2.75, 3.05) is 0 Å². The summed E-state index contributed by atoms with van der Waals surface area (Å²) in [5.41, 5.74) is 2.08. The minimum absolute atomic E-state index is 0.712. The fraction of sp³-hybridized carbons (Fsp3) is 0.0667. The summed E-state index contributed by atoms with van der Waals surface area (Å²) in [5.74, 6) is 0. The number of rotatable bonds is 3. The van der Waals surface area contributed by atoms with Crippen molar-refractivity contribution in [2.24, 2.45) is 0 Å². The zero-order chi connectivity index (χ0) is 14.1. The van der Waals surface area contributed by atoms with Crippen molar-refractivity contribution in [3.63, 3.8) is 0 Å². The normalized spacial score (nSPS) is 11.0. The molecule has 0 bridgehead atoms. The second kappa shape index (κ2) is 4.82. The molecular weight excluding hydrogens is 264 g/mol. The van der Waals surface area contributed by atoms with Crippen molar-refractivity contribution in [2.45, 2.75) is 6.54 Å². The first-order chi connectivity index (χ1) is 10.4. The highest BCUT2D eigenvalue weighted by Gasteiger charge is 2.05. The smallest absolute Gasteiger partial charge is 0.144 e. The summed E-state index contributed by atoms with van der Waals surface area (Å²) in [6.07, 6.45) is 5.24. The molecule has 6 heteroatoms. The Hall–Kier alpha value is -3.02. The molecule has 0 aliphatic heterocycles. The van der Waals surface area contributed by atoms with Crippen molar-refractivity contribution in [1.29, 1.82) is 0 Å². The summed E-state index contributed by atoms with van der Waals surface area (Å²) in [6, 6.07) is 14.7. The van der Waals surface area contributed by atoms with Crippen molar-refractivity contribution in [1.82, 2.24) is 30.0 Å². The van der Waals surface area contributed by atoms with E-state index in [1.165, 1.54) is 16.3 Å². The summed E-state index contributed by atoms with van der Waals surface area (Å²) in [5, 5.41) is 18.0. The van der Waals surface area contributed by atoms with Crippen LogP contribution in [0.25, 0.3) is 16.5 Å². The highest BCUT2D eigenvalue weighted by molar-refractivity contribution is 5.85. The van der Waals surface area contributed by atoms with Crippen LogP contribution in [0.1, 0.15) is 5.56 Å². The second-order valence-electron chi connectivity index (χ2n) is 4.79. The average Bonchev–Trinajstić information content (AvgIpc) is 3.18. The molecule has 0 saturated carbocycles. The van der Waals surface area contributed by atoms with Gasteiger partial charge >= 0.3 is 0 Å². The molecule has 0 saturated heterocycles. The van der Waals surface area contributed by atoms with Crippen LogP contribution in [0, 0.1) is 0 Å². The lowest BCUT2D eigenvalue weighted by Crippen LogP contribution is -2.01. The van der Waals surface area contributed by atoms with Crippen LogP contribution in [0.3, 0.4) is 0 Å². The standard InChI is InChI=1S/C15H12N6/c1-2-7-15-12(4-1)5-3-6-13(15)9-20-10-14(8-17-20)21-11-16-18-19-21/h1-8,10-11H,9H2. The van der Waals surface area contributed by atoms with Gasteiger partial charge in [-0.1, -0.05) is 42.5 Å². The number of benzene rings is 2. The predicted octanol–water partition coefficient (Wildman–Crippen LogP) is 2.06. The Morgan fingerprint density at radius 1 is 1.00 bits per heavy atom. The third kappa shape index (κ3) is 2.16. The number of tetrazole rings is 1. The molecule has 0 amide bonds. The lowest BCUT2D eigenvalue weighted by Gasteiger charge is -2.06. The number of fused-ring (bicyclic) bond motifs is 1. The van der Waals surface area contributed by atoms with Crippen LogP contribution in [0.5, 0.6) is 0 Å². The molecule has 0 N–H and O–H groups in total. The highest BCUT2D eigenvalue weighted by Crippen LogP contribution is 2.19. The van der Waals surface area contributed by atoms with E-state index in [2.05, 4.69) is 63.1 Å². The van der Waals surface area contributed by atoms with Crippen LogP contribution in [-0.4, -0.2) is 30.0 Å². The van der Waals surface area contributed by atoms with Gasteiger partial charge in [-0.25, -0.2) is 0 Å². The topological polar surface area (TPSA) is 61.4 Å². The van der Waals surface area contributed by atoms with E-state index in [-0.39, 0.29) is 0 Å². The molecule has 4 aromatic rings. The maximum absolute atomic E-state index is 4.37. The third-order valence-corrected chi connectivity index (χ3v) is 3.45. The van der Waals surface area contributed by atoms with Crippen molar-refractivity contribution in [3.05, 3.63) is 66.7 Å². The van der Waals surface area contributed by atoms with Gasteiger partial charge in [0.1, 0.15) is 12.0 Å². The molecule has 2 aromatic carbocycles. The van der Waals surface area contributed by atoms with Crippen LogP contribution in [0.4, 0.5) is 0 Å². The van der Waals surface area contributed by atoms with Gasteiger partial charge in [-0.05, 0) is 26.8 Å². The SMILES string of the molecule is c1ccc2c(Cn3cc(-n4cnnn4)cn3)cccc2c1. The predicted molar refractivity (Wildman–Crippen MR) is 78.0 cm³/mol. The summed E-state index contributed by atoms with van der Waals surface area (Å²) >= 11 is 0. The summed E-state index contributed by atoms with van der Waals surface area (Å²) in [6.45, 7) is 0.712. The van der Waals surface area contributed by atoms with Gasteiger partial charge in [0.2, 0.25) is 0 Å². The largest absolute Gasteiger partial charge is 0.266 e. The van der Waals surface area contributed by atoms with Crippen LogP contribution in [0.2, 0.25) is 0 Å². The summed E-state index contributed by atoms with van der Waals surface area (Å²) in [4.78, 5) is 0. The van der Waals surface area contributed by atoms with Crippen molar-refractivity contribution >= 4 is 10.8 Å². The van der Waals surface area contributed by atoms with Gasteiger partial charge < -0.3 is 0 Å². The molecular formula is C15H12N6. The lowest BCUT2D eigenvalue weighted by molar-refractivity contribution is 0.688. The van der Waals surface area contributed by atoms with Gasteiger partial charge in [0.15, 0.2) is 0 Å². The number of hydrogen-bond acceptors (Lipinski definition) is 4. The van der Waals surface area contributed by atoms with E-state index in [9.17, 15) is 0 Å². The molecule has 0 radical (unpaired) electrons. The van der Waals surface area contributed by atoms with Gasteiger partial charge in [0.25, 0.3) is 0 Å². The highest BCUT2D eigenvalue weighted by atomic mass is 15.5. The summed E-state index contributed by atoms with van der Waals surface area (Å²) < 4.78 is 3.48. The van der Waals surface area contributed by atoms with E-state index in [1.807, 2.05) is 10.9 Å². The van der Waals surface area contributed by atoms with Crippen LogP contribution < -0.4 is 0 Å². The molecule has 102 valence electrons. The Labute approximate surface area is 120 Å². The molecule has 0 aliphatic carbocycles. The van der Waals surface area contributed by atoms with Gasteiger partial charge in [0, 0.05) is 0 Å². The van der Waals surface area contributed by atoms with E-state index in [4.69, 9.17) is 0 Å². The van der Waals surface area contributed by atoms with Crippen molar-refractivity contribution < 1.29 is 0 Å². The zero-order valence-electron chi connectivity index (χ0n) is 11.2. The monoisotopic (exact) mass is 276 g/mol. The Kier molecular flexibility index (Phi) is 2.71. The molecule has 0 atom stereocenters. The number of nitrogens with zero attached hydrogens (tertiary/aromatic N) is 6. The first-order valence-corrected chi connectivity index (χ1v) is 6.62. The summed E-state index contributed by atoms with van der Waals surface area (Å²) in [7, 11) is 0. The van der Waals surface area contributed by atoms with E-state index in [0.717, 1.165) is 5.69 Å². The molecule has 2 heterocycles. The third-order valence-electron chi connectivity index (χ3n) is 3.45. The van der Waals surface area contributed by atoms with Crippen molar-refractivity contribution in [3.8, 4) is 5.69 Å². The number of aromatic nitrogens is 6. The fourth-order valence-corrected chi connectivity index (χ4v) is 2.44. The van der Waals surface area contributed by atoms with Gasteiger partial charge in [-0.15, -0.1) is 5.10 Å². The Bertz CT molecular complexity index is 873. The maximum atomic E-state index is 4.37. The first kappa shape index (κ1) is 11.8. The second-order valence-corrected chi connectivity index (χ2v) is 4.79. The quantitative estimate of drug-likeness (QED) is 0.574. The molecule has 6 nitrogen and oxygen atoms in total. The number of hydrogen-bond donors (Lipinski definition) is 0. The Morgan fingerprint density at radius 3 is 2.81 bits per heavy atom. The van der Waals surface area contributed by atoms with E-state index >= 15 is 0 Å². The zero-order valence-corrected chi connectivity index (χ0v) is 11.2. The Morgan fingerprint density at radius 2 is 1.90 bits per heavy atom.